The topological polar surface area (TPSA) is 63.7 Å². The summed E-state index contributed by atoms with van der Waals surface area (Å²) in [5, 5.41) is -0.400. The molecule has 16 heavy (non-hydrogen) atoms. The first-order chi connectivity index (χ1) is 7.39. The molecule has 0 aromatic carbocycles. The van der Waals surface area contributed by atoms with Crippen molar-refractivity contribution in [3.05, 3.63) is 11.1 Å². The normalized spacial score (nSPS) is 17.1. The monoisotopic (exact) mass is 247 g/mol. The molecule has 1 saturated carbocycles. The molecule has 0 radical (unpaired) electrons. The Morgan fingerprint density at radius 2 is 2.00 bits per heavy atom. The number of esters is 1. The van der Waals surface area contributed by atoms with Crippen molar-refractivity contribution in [2.75, 3.05) is 20.7 Å². The molecular formula is C10H17NO4S. The first-order valence-electron chi connectivity index (χ1n) is 5.18. The Labute approximate surface area is 96.0 Å². The number of carbonyl (C=O) groups excluding carboxylic acids is 1. The molecular weight excluding hydrogens is 230 g/mol. The number of nitrogens with zero attached hydrogens (tertiary/aromatic N) is 1. The number of carbonyl (C=O) groups is 1. The van der Waals surface area contributed by atoms with Gasteiger partial charge in [0, 0.05) is 20.3 Å². The van der Waals surface area contributed by atoms with E-state index in [4.69, 9.17) is 4.74 Å². The van der Waals surface area contributed by atoms with Crippen LogP contribution in [0.3, 0.4) is 0 Å². The van der Waals surface area contributed by atoms with Crippen LogP contribution in [0.4, 0.5) is 0 Å². The second kappa shape index (κ2) is 4.86. The van der Waals surface area contributed by atoms with Crippen molar-refractivity contribution >= 4 is 15.8 Å². The van der Waals surface area contributed by atoms with Crippen molar-refractivity contribution in [3.8, 4) is 0 Å². The molecule has 0 atom stereocenters. The van der Waals surface area contributed by atoms with Crippen molar-refractivity contribution in [1.29, 1.82) is 0 Å². The highest BCUT2D eigenvalue weighted by atomic mass is 32.2. The average Bonchev–Trinajstić information content (AvgIpc) is 2.96. The van der Waals surface area contributed by atoms with E-state index < -0.39 is 21.1 Å². The van der Waals surface area contributed by atoms with Crippen LogP contribution in [0, 0.1) is 0 Å². The molecule has 1 aliphatic rings. The van der Waals surface area contributed by atoms with E-state index in [0.29, 0.717) is 12.8 Å². The third-order valence-corrected chi connectivity index (χ3v) is 4.36. The van der Waals surface area contributed by atoms with Crippen molar-refractivity contribution in [2.45, 2.75) is 25.0 Å². The third-order valence-electron chi connectivity index (χ3n) is 2.12. The molecule has 92 valence electrons. The zero-order valence-electron chi connectivity index (χ0n) is 9.76. The van der Waals surface area contributed by atoms with Crippen molar-refractivity contribution < 1.29 is 17.9 Å². The van der Waals surface area contributed by atoms with E-state index in [0.717, 1.165) is 0 Å². The Hall–Kier alpha value is -1.04. The highest BCUT2D eigenvalue weighted by molar-refractivity contribution is 7.97. The molecule has 0 aromatic rings. The van der Waals surface area contributed by atoms with Crippen LogP contribution in [0.2, 0.25) is 0 Å². The van der Waals surface area contributed by atoms with Gasteiger partial charge in [-0.1, -0.05) is 0 Å². The molecule has 1 fully saturated rings. The van der Waals surface area contributed by atoms with Gasteiger partial charge in [-0.25, -0.2) is 13.2 Å². The highest BCUT2D eigenvalue weighted by Crippen LogP contribution is 2.33. The number of rotatable bonds is 5. The van der Waals surface area contributed by atoms with Gasteiger partial charge in [0.15, 0.2) is 14.7 Å². The van der Waals surface area contributed by atoms with Crippen LogP contribution >= 0.6 is 0 Å². The largest absolute Gasteiger partial charge is 0.462 e. The number of sulfone groups is 1. The summed E-state index contributed by atoms with van der Waals surface area (Å²) < 4.78 is 28.7. The molecule has 5 nitrogen and oxygen atoms in total. The van der Waals surface area contributed by atoms with Gasteiger partial charge in [0.05, 0.1) is 11.9 Å². The fraction of sp³-hybridized carbons (Fsp3) is 0.700. The van der Waals surface area contributed by atoms with Crippen LogP contribution in [0.1, 0.15) is 19.8 Å². The van der Waals surface area contributed by atoms with Gasteiger partial charge in [-0.3, -0.25) is 0 Å². The lowest BCUT2D eigenvalue weighted by Crippen LogP contribution is -2.22. The van der Waals surface area contributed by atoms with Gasteiger partial charge in [0.25, 0.3) is 0 Å². The van der Waals surface area contributed by atoms with Crippen LogP contribution in [0.15, 0.2) is 11.1 Å². The molecule has 0 N–H and O–H groups in total. The van der Waals surface area contributed by atoms with Gasteiger partial charge in [-0.15, -0.1) is 0 Å². The van der Waals surface area contributed by atoms with Gasteiger partial charge >= 0.3 is 5.97 Å². The first kappa shape index (κ1) is 13.0. The van der Waals surface area contributed by atoms with Crippen LogP contribution in [-0.4, -0.2) is 45.2 Å². The van der Waals surface area contributed by atoms with Gasteiger partial charge in [0.2, 0.25) is 0 Å². The third kappa shape index (κ3) is 2.98. The fourth-order valence-corrected chi connectivity index (χ4v) is 3.00. The molecule has 0 bridgehead atoms. The van der Waals surface area contributed by atoms with Gasteiger partial charge in [0.1, 0.15) is 0 Å². The molecule has 0 amide bonds. The molecule has 0 spiro atoms. The zero-order chi connectivity index (χ0) is 12.3. The number of hydrogen-bond acceptors (Lipinski definition) is 5. The summed E-state index contributed by atoms with van der Waals surface area (Å²) in [4.78, 5) is 12.9. The molecule has 1 aliphatic carbocycles. The molecule has 0 saturated heterocycles. The summed E-state index contributed by atoms with van der Waals surface area (Å²) in [6.45, 7) is 1.82. The van der Waals surface area contributed by atoms with E-state index >= 15 is 0 Å². The van der Waals surface area contributed by atoms with Gasteiger partial charge < -0.3 is 9.64 Å². The smallest absolute Gasteiger partial charge is 0.351 e. The predicted octanol–water partition coefficient (Wildman–Crippen LogP) is 0.530. The Balaban J connectivity index is 3.00. The van der Waals surface area contributed by atoms with Crippen LogP contribution < -0.4 is 0 Å². The highest BCUT2D eigenvalue weighted by Gasteiger charge is 2.41. The van der Waals surface area contributed by atoms with Crippen LogP contribution in [0.5, 0.6) is 0 Å². The van der Waals surface area contributed by atoms with E-state index in [1.165, 1.54) is 11.1 Å². The Morgan fingerprint density at radius 1 is 1.44 bits per heavy atom. The SMILES string of the molecule is CCOC(=O)/C(=C\N(C)C)S(=O)(=O)C1CC1. The predicted molar refractivity (Wildman–Crippen MR) is 60.3 cm³/mol. The quantitative estimate of drug-likeness (QED) is 0.524. The standard InChI is InChI=1S/C10H17NO4S/c1-4-15-10(12)9(7-11(2)3)16(13,14)8-5-6-8/h7-8H,4-6H2,1-3H3/b9-7+. The van der Waals surface area contributed by atoms with Crippen molar-refractivity contribution in [3.63, 3.8) is 0 Å². The van der Waals surface area contributed by atoms with Crippen molar-refractivity contribution in [2.24, 2.45) is 0 Å². The maximum atomic E-state index is 11.9. The zero-order valence-corrected chi connectivity index (χ0v) is 10.6. The van der Waals surface area contributed by atoms with E-state index in [9.17, 15) is 13.2 Å². The van der Waals surface area contributed by atoms with Gasteiger partial charge in [-0.2, -0.15) is 0 Å². The molecule has 0 aliphatic heterocycles. The molecule has 6 heteroatoms. The van der Waals surface area contributed by atoms with Crippen molar-refractivity contribution in [1.82, 2.24) is 4.90 Å². The lowest BCUT2D eigenvalue weighted by atomic mass is 10.6. The maximum absolute atomic E-state index is 11.9. The number of ether oxygens (including phenoxy) is 1. The Morgan fingerprint density at radius 3 is 2.38 bits per heavy atom. The average molecular weight is 247 g/mol. The maximum Gasteiger partial charge on any atom is 0.351 e. The van der Waals surface area contributed by atoms with Crippen LogP contribution in [0.25, 0.3) is 0 Å². The van der Waals surface area contributed by atoms with E-state index in [1.807, 2.05) is 0 Å². The molecule has 0 aromatic heterocycles. The van der Waals surface area contributed by atoms with Crippen LogP contribution in [-0.2, 0) is 19.4 Å². The fourth-order valence-electron chi connectivity index (χ4n) is 1.24. The summed E-state index contributed by atoms with van der Waals surface area (Å²) in [5.41, 5.74) is 0. The first-order valence-corrected chi connectivity index (χ1v) is 6.73. The Kier molecular flexibility index (Phi) is 3.96. The van der Waals surface area contributed by atoms with Gasteiger partial charge in [-0.05, 0) is 19.8 Å². The minimum Gasteiger partial charge on any atom is -0.462 e. The Bertz CT molecular complexity index is 393. The summed E-state index contributed by atoms with van der Waals surface area (Å²) in [7, 11) is -0.163. The summed E-state index contributed by atoms with van der Waals surface area (Å²) in [5.74, 6) is -0.761. The second-order valence-corrected chi connectivity index (χ2v) is 6.12. The molecule has 0 unspecified atom stereocenters. The minimum atomic E-state index is -3.50. The second-order valence-electron chi connectivity index (χ2n) is 3.92. The van der Waals surface area contributed by atoms with E-state index in [2.05, 4.69) is 0 Å². The lowest BCUT2D eigenvalue weighted by molar-refractivity contribution is -0.137. The summed E-state index contributed by atoms with van der Waals surface area (Å²) in [6.07, 6.45) is 2.57. The summed E-state index contributed by atoms with van der Waals surface area (Å²) >= 11 is 0. The van der Waals surface area contributed by atoms with E-state index in [-0.39, 0.29) is 11.5 Å². The number of hydrogen-bond donors (Lipinski definition) is 0. The molecule has 0 heterocycles. The van der Waals surface area contributed by atoms with E-state index in [1.54, 1.807) is 21.0 Å². The lowest BCUT2D eigenvalue weighted by Gasteiger charge is -2.11. The summed E-state index contributed by atoms with van der Waals surface area (Å²) in [6, 6.07) is 0. The minimum absolute atomic E-state index is 0.170. The molecule has 1 rings (SSSR count).